The number of nitrogens with zero attached hydrogens (tertiary/aromatic N) is 1. The highest BCUT2D eigenvalue weighted by molar-refractivity contribution is 5.86. The van der Waals surface area contributed by atoms with Gasteiger partial charge in [-0.05, 0) is 65.8 Å². The molecule has 2 amide bonds. The number of ether oxygens (including phenoxy) is 3. The number of aryl methyl sites for hydroxylation is 1. The Kier molecular flexibility index (Phi) is 10.3. The summed E-state index contributed by atoms with van der Waals surface area (Å²) in [5, 5.41) is 9.32. The standard InChI is InChI=1S/C36H43N5O6/c1-7-20(2)33(36(44)37-17-16-31-39-26-10-8-9-11-27(26)40-31)41-28-15-13-23-24(19-29(28)43)25(38-21(3)42)14-12-22-18-30(45-4)34(46-5)35(47-6)32(22)23/h8-11,13,15,18-20,25,33H,7,12,14,16-17H2,1-6H3,(H,37,44)(H,38,42)(H,39,40)(H,41,43)/t20-,25+,33+/m1/s1. The molecule has 0 saturated heterocycles. The second-order valence-electron chi connectivity index (χ2n) is 11.8. The molecule has 0 aliphatic heterocycles. The Labute approximate surface area is 274 Å². The number of aromatic amines is 1. The van der Waals surface area contributed by atoms with Crippen molar-refractivity contribution in [1.29, 1.82) is 0 Å². The van der Waals surface area contributed by atoms with Gasteiger partial charge in [-0.1, -0.05) is 38.5 Å². The summed E-state index contributed by atoms with van der Waals surface area (Å²) in [6, 6.07) is 13.7. The topological polar surface area (TPSA) is 144 Å². The van der Waals surface area contributed by atoms with Crippen molar-refractivity contribution in [3.63, 3.8) is 0 Å². The van der Waals surface area contributed by atoms with Crippen LogP contribution in [0.4, 0.5) is 5.69 Å². The Morgan fingerprint density at radius 1 is 1.04 bits per heavy atom. The molecule has 11 heteroatoms. The summed E-state index contributed by atoms with van der Waals surface area (Å²) in [4.78, 5) is 47.6. The van der Waals surface area contributed by atoms with Gasteiger partial charge in [-0.25, -0.2) is 4.98 Å². The van der Waals surface area contributed by atoms with Gasteiger partial charge in [-0.2, -0.15) is 0 Å². The number of nitrogens with one attached hydrogen (secondary N) is 4. The highest BCUT2D eigenvalue weighted by Crippen LogP contribution is 2.50. The zero-order valence-electron chi connectivity index (χ0n) is 27.8. The number of fused-ring (bicyclic) bond motifs is 4. The molecule has 0 radical (unpaired) electrons. The molecule has 1 aliphatic carbocycles. The number of carbonyl (C=O) groups excluding carboxylic acids is 2. The number of methoxy groups -OCH3 is 3. The molecule has 0 fully saturated rings. The van der Waals surface area contributed by atoms with Gasteiger partial charge in [0.1, 0.15) is 11.9 Å². The first-order valence-corrected chi connectivity index (χ1v) is 15.9. The summed E-state index contributed by atoms with van der Waals surface area (Å²) in [7, 11) is 4.68. The van der Waals surface area contributed by atoms with Gasteiger partial charge in [-0.15, -0.1) is 0 Å². The number of aromatic nitrogens is 2. The van der Waals surface area contributed by atoms with Crippen molar-refractivity contribution in [3.05, 3.63) is 75.7 Å². The van der Waals surface area contributed by atoms with E-state index in [0.29, 0.717) is 48.6 Å². The van der Waals surface area contributed by atoms with Gasteiger partial charge in [0.2, 0.25) is 23.0 Å². The maximum Gasteiger partial charge on any atom is 0.242 e. The smallest absolute Gasteiger partial charge is 0.242 e. The van der Waals surface area contributed by atoms with Crippen LogP contribution in [0.5, 0.6) is 17.2 Å². The van der Waals surface area contributed by atoms with Crippen molar-refractivity contribution in [2.75, 3.05) is 33.2 Å². The van der Waals surface area contributed by atoms with E-state index in [1.165, 1.54) is 6.92 Å². The van der Waals surface area contributed by atoms with Gasteiger partial charge in [0.15, 0.2) is 11.5 Å². The molecule has 5 rings (SSSR count). The Morgan fingerprint density at radius 3 is 2.49 bits per heavy atom. The SMILES string of the molecule is CC[C@@H](C)[C@H](Nc1ccc2c(cc1=O)[C@@H](NC(C)=O)CCc1cc(OC)c(OC)c(OC)c1-2)C(=O)NCCc1nc2ccccc2[nH]1. The molecule has 0 unspecified atom stereocenters. The lowest BCUT2D eigenvalue weighted by atomic mass is 9.95. The number of benzene rings is 2. The first kappa shape index (κ1) is 33.3. The van der Waals surface area contributed by atoms with Crippen molar-refractivity contribution in [2.24, 2.45) is 5.92 Å². The molecular weight excluding hydrogens is 598 g/mol. The van der Waals surface area contributed by atoms with E-state index in [1.807, 2.05) is 50.2 Å². The van der Waals surface area contributed by atoms with Crippen molar-refractivity contribution >= 4 is 28.5 Å². The molecule has 3 atom stereocenters. The first-order valence-electron chi connectivity index (χ1n) is 15.9. The number of H-pyrrole nitrogens is 1. The summed E-state index contributed by atoms with van der Waals surface area (Å²) in [6.45, 7) is 5.83. The fraction of sp³-hybridized carbons (Fsp3) is 0.389. The number of amides is 2. The lowest BCUT2D eigenvalue weighted by Crippen LogP contribution is -2.45. The number of rotatable bonds is 12. The van der Waals surface area contributed by atoms with Crippen LogP contribution in [0.2, 0.25) is 0 Å². The van der Waals surface area contributed by atoms with E-state index >= 15 is 0 Å². The summed E-state index contributed by atoms with van der Waals surface area (Å²) in [5.74, 6) is 1.73. The molecule has 3 aromatic carbocycles. The van der Waals surface area contributed by atoms with Crippen molar-refractivity contribution in [3.8, 4) is 28.4 Å². The second-order valence-corrected chi connectivity index (χ2v) is 11.8. The number of anilines is 1. The van der Waals surface area contributed by atoms with Gasteiger partial charge in [0.05, 0.1) is 44.1 Å². The molecule has 0 spiro atoms. The normalized spacial score (nSPS) is 15.0. The van der Waals surface area contributed by atoms with E-state index in [-0.39, 0.29) is 28.8 Å². The van der Waals surface area contributed by atoms with Crippen molar-refractivity contribution < 1.29 is 23.8 Å². The third-order valence-corrected chi connectivity index (χ3v) is 8.82. The van der Waals surface area contributed by atoms with Crippen LogP contribution >= 0.6 is 0 Å². The average molecular weight is 642 g/mol. The van der Waals surface area contributed by atoms with Crippen molar-refractivity contribution in [1.82, 2.24) is 20.6 Å². The van der Waals surface area contributed by atoms with Crippen LogP contribution in [0.25, 0.3) is 22.2 Å². The molecule has 248 valence electrons. The summed E-state index contributed by atoms with van der Waals surface area (Å²) < 4.78 is 17.2. The van der Waals surface area contributed by atoms with Gasteiger partial charge in [0, 0.05) is 25.5 Å². The monoisotopic (exact) mass is 641 g/mol. The van der Waals surface area contributed by atoms with Crippen LogP contribution < -0.4 is 35.6 Å². The lowest BCUT2D eigenvalue weighted by Gasteiger charge is -2.24. The van der Waals surface area contributed by atoms with Crippen LogP contribution in [0.15, 0.2) is 53.3 Å². The Morgan fingerprint density at radius 2 is 1.81 bits per heavy atom. The fourth-order valence-electron chi connectivity index (χ4n) is 6.23. The Balaban J connectivity index is 1.49. The third-order valence-electron chi connectivity index (χ3n) is 8.82. The van der Waals surface area contributed by atoms with E-state index in [0.717, 1.165) is 40.0 Å². The number of carbonyl (C=O) groups is 2. The number of para-hydroxylation sites is 2. The predicted octanol–water partition coefficient (Wildman–Crippen LogP) is 4.92. The second kappa shape index (κ2) is 14.6. The first-order chi connectivity index (χ1) is 22.7. The number of hydrogen-bond acceptors (Lipinski definition) is 8. The van der Waals surface area contributed by atoms with Gasteiger partial charge < -0.3 is 35.1 Å². The van der Waals surface area contributed by atoms with Crippen LogP contribution in [0.1, 0.15) is 56.6 Å². The molecular formula is C36H43N5O6. The van der Waals surface area contributed by atoms with E-state index in [1.54, 1.807) is 33.5 Å². The molecule has 4 aromatic rings. The minimum Gasteiger partial charge on any atom is -0.493 e. The maximum absolute atomic E-state index is 13.9. The molecule has 47 heavy (non-hydrogen) atoms. The van der Waals surface area contributed by atoms with E-state index in [2.05, 4.69) is 25.9 Å². The molecule has 11 nitrogen and oxygen atoms in total. The van der Waals surface area contributed by atoms with Gasteiger partial charge in [0.25, 0.3) is 0 Å². The third kappa shape index (κ3) is 7.03. The molecule has 1 heterocycles. The van der Waals surface area contributed by atoms with Crippen molar-refractivity contribution in [2.45, 2.75) is 58.5 Å². The van der Waals surface area contributed by atoms with Gasteiger partial charge in [-0.3, -0.25) is 14.4 Å². The molecule has 4 N–H and O–H groups in total. The molecule has 0 saturated carbocycles. The highest BCUT2D eigenvalue weighted by atomic mass is 16.5. The zero-order chi connectivity index (χ0) is 33.7. The summed E-state index contributed by atoms with van der Waals surface area (Å²) >= 11 is 0. The largest absolute Gasteiger partial charge is 0.493 e. The Hall–Kier alpha value is -5.06. The zero-order valence-corrected chi connectivity index (χ0v) is 27.8. The Bertz CT molecular complexity index is 1800. The molecule has 0 bridgehead atoms. The van der Waals surface area contributed by atoms with Crippen LogP contribution in [-0.4, -0.2) is 55.7 Å². The fourth-order valence-corrected chi connectivity index (χ4v) is 6.23. The van der Waals surface area contributed by atoms with E-state index < -0.39 is 12.1 Å². The van der Waals surface area contributed by atoms with Crippen LogP contribution in [0.3, 0.4) is 0 Å². The summed E-state index contributed by atoms with van der Waals surface area (Å²) in [6.07, 6.45) is 2.40. The average Bonchev–Trinajstić information content (AvgIpc) is 3.34. The van der Waals surface area contributed by atoms with Crippen LogP contribution in [0, 0.1) is 5.92 Å². The van der Waals surface area contributed by atoms with E-state index in [9.17, 15) is 14.4 Å². The minimum atomic E-state index is -0.664. The predicted molar refractivity (Wildman–Crippen MR) is 182 cm³/mol. The number of imidazole rings is 1. The highest BCUT2D eigenvalue weighted by Gasteiger charge is 2.30. The molecule has 1 aliphatic rings. The van der Waals surface area contributed by atoms with E-state index in [4.69, 9.17) is 14.2 Å². The minimum absolute atomic E-state index is 0.0754. The quantitative estimate of drug-likeness (QED) is 0.171. The molecule has 1 aromatic heterocycles. The maximum atomic E-state index is 13.9. The van der Waals surface area contributed by atoms with Crippen LogP contribution in [-0.2, 0) is 22.4 Å². The van der Waals surface area contributed by atoms with Gasteiger partial charge >= 0.3 is 0 Å². The number of hydrogen-bond donors (Lipinski definition) is 4. The lowest BCUT2D eigenvalue weighted by molar-refractivity contribution is -0.123. The summed E-state index contributed by atoms with van der Waals surface area (Å²) in [5.41, 5.74) is 4.87.